The van der Waals surface area contributed by atoms with Crippen molar-refractivity contribution in [3.05, 3.63) is 60.1 Å². The lowest BCUT2D eigenvalue weighted by Crippen LogP contribution is -2.37. The van der Waals surface area contributed by atoms with Crippen molar-refractivity contribution < 1.29 is 13.9 Å². The lowest BCUT2D eigenvalue weighted by atomic mass is 10.2. The molecule has 1 heterocycles. The van der Waals surface area contributed by atoms with Gasteiger partial charge in [-0.2, -0.15) is 0 Å². The SMILES string of the molecule is COc1ccc(C=CC(=O)NC(=S)NCc2ccco2)cc1. The summed E-state index contributed by atoms with van der Waals surface area (Å²) in [7, 11) is 1.61. The van der Waals surface area contributed by atoms with E-state index < -0.39 is 0 Å². The van der Waals surface area contributed by atoms with Crippen molar-refractivity contribution in [2.75, 3.05) is 7.11 Å². The molecule has 6 heteroatoms. The van der Waals surface area contributed by atoms with Crippen LogP contribution in [0.25, 0.3) is 6.08 Å². The molecule has 0 fully saturated rings. The van der Waals surface area contributed by atoms with E-state index in [0.717, 1.165) is 17.1 Å². The number of amides is 1. The molecule has 22 heavy (non-hydrogen) atoms. The molecule has 0 unspecified atom stereocenters. The number of carbonyl (C=O) groups excluding carboxylic acids is 1. The molecule has 0 aliphatic rings. The molecule has 0 bridgehead atoms. The van der Waals surface area contributed by atoms with Crippen LogP contribution in [0.3, 0.4) is 0 Å². The molecule has 114 valence electrons. The normalized spacial score (nSPS) is 10.4. The van der Waals surface area contributed by atoms with Crippen molar-refractivity contribution in [2.45, 2.75) is 6.54 Å². The summed E-state index contributed by atoms with van der Waals surface area (Å²) in [6.45, 7) is 0.425. The smallest absolute Gasteiger partial charge is 0.250 e. The van der Waals surface area contributed by atoms with E-state index in [0.29, 0.717) is 6.54 Å². The average molecular weight is 316 g/mol. The van der Waals surface area contributed by atoms with Crippen LogP contribution < -0.4 is 15.4 Å². The summed E-state index contributed by atoms with van der Waals surface area (Å²) in [6.07, 6.45) is 4.70. The number of methoxy groups -OCH3 is 1. The zero-order chi connectivity index (χ0) is 15.8. The minimum Gasteiger partial charge on any atom is -0.497 e. The Morgan fingerprint density at radius 3 is 2.73 bits per heavy atom. The van der Waals surface area contributed by atoms with E-state index in [1.165, 1.54) is 6.08 Å². The maximum atomic E-state index is 11.7. The molecule has 1 amide bonds. The third-order valence-corrected chi connectivity index (χ3v) is 3.03. The molecular formula is C16H16N2O3S. The van der Waals surface area contributed by atoms with Crippen LogP contribution in [-0.2, 0) is 11.3 Å². The minimum atomic E-state index is -0.298. The molecule has 0 aliphatic carbocycles. The van der Waals surface area contributed by atoms with Crippen LogP contribution in [0.4, 0.5) is 0 Å². The fourth-order valence-electron chi connectivity index (χ4n) is 1.67. The first-order valence-corrected chi connectivity index (χ1v) is 7.01. The first-order valence-electron chi connectivity index (χ1n) is 6.60. The van der Waals surface area contributed by atoms with Gasteiger partial charge in [-0.1, -0.05) is 12.1 Å². The van der Waals surface area contributed by atoms with Crippen molar-refractivity contribution in [2.24, 2.45) is 0 Å². The first-order chi connectivity index (χ1) is 10.7. The monoisotopic (exact) mass is 316 g/mol. The molecule has 0 spiro atoms. The number of hydrogen-bond donors (Lipinski definition) is 2. The summed E-state index contributed by atoms with van der Waals surface area (Å²) in [5.41, 5.74) is 0.894. The van der Waals surface area contributed by atoms with Crippen LogP contribution in [0.5, 0.6) is 5.75 Å². The molecule has 1 aromatic carbocycles. The van der Waals surface area contributed by atoms with Crippen molar-refractivity contribution in [3.8, 4) is 5.75 Å². The van der Waals surface area contributed by atoms with E-state index in [-0.39, 0.29) is 11.0 Å². The Bertz CT molecular complexity index is 649. The maximum absolute atomic E-state index is 11.7. The van der Waals surface area contributed by atoms with E-state index in [4.69, 9.17) is 21.4 Å². The van der Waals surface area contributed by atoms with E-state index in [1.54, 1.807) is 25.5 Å². The summed E-state index contributed by atoms with van der Waals surface area (Å²) < 4.78 is 10.2. The number of furan rings is 1. The molecule has 2 N–H and O–H groups in total. The van der Waals surface area contributed by atoms with Crippen LogP contribution in [0.1, 0.15) is 11.3 Å². The number of nitrogens with one attached hydrogen (secondary N) is 2. The van der Waals surface area contributed by atoms with Crippen molar-refractivity contribution >= 4 is 29.3 Å². The molecule has 0 radical (unpaired) electrons. The average Bonchev–Trinajstić information content (AvgIpc) is 3.05. The van der Waals surface area contributed by atoms with Gasteiger partial charge in [0, 0.05) is 6.08 Å². The van der Waals surface area contributed by atoms with Crippen LogP contribution in [0, 0.1) is 0 Å². The molecule has 1 aromatic heterocycles. The van der Waals surface area contributed by atoms with Gasteiger partial charge >= 0.3 is 0 Å². The summed E-state index contributed by atoms with van der Waals surface area (Å²) in [6, 6.07) is 11.0. The highest BCUT2D eigenvalue weighted by Crippen LogP contribution is 2.12. The van der Waals surface area contributed by atoms with Gasteiger partial charge in [-0.15, -0.1) is 0 Å². The van der Waals surface area contributed by atoms with Crippen LogP contribution in [0.15, 0.2) is 53.2 Å². The Morgan fingerprint density at radius 1 is 1.32 bits per heavy atom. The highest BCUT2D eigenvalue weighted by Gasteiger charge is 2.02. The Labute approximate surface area is 134 Å². The Kier molecular flexibility index (Phi) is 5.73. The summed E-state index contributed by atoms with van der Waals surface area (Å²) in [5, 5.41) is 5.70. The number of carbonyl (C=O) groups is 1. The Morgan fingerprint density at radius 2 is 2.09 bits per heavy atom. The Hall–Kier alpha value is -2.60. The molecule has 0 aliphatic heterocycles. The highest BCUT2D eigenvalue weighted by atomic mass is 32.1. The number of rotatable bonds is 5. The van der Waals surface area contributed by atoms with Gasteiger partial charge in [0.25, 0.3) is 0 Å². The molecule has 5 nitrogen and oxygen atoms in total. The maximum Gasteiger partial charge on any atom is 0.250 e. The number of ether oxygens (including phenoxy) is 1. The van der Waals surface area contributed by atoms with Crippen molar-refractivity contribution in [3.63, 3.8) is 0 Å². The largest absolute Gasteiger partial charge is 0.497 e. The second-order valence-electron chi connectivity index (χ2n) is 4.36. The van der Waals surface area contributed by atoms with Gasteiger partial charge in [-0.05, 0) is 48.1 Å². The standard InChI is InChI=1S/C16H16N2O3S/c1-20-13-7-4-12(5-8-13)6-9-15(19)18-16(22)17-11-14-3-2-10-21-14/h2-10H,11H2,1H3,(H2,17,18,19,22). The van der Waals surface area contributed by atoms with E-state index in [1.807, 2.05) is 30.3 Å². The van der Waals surface area contributed by atoms with Crippen molar-refractivity contribution in [1.82, 2.24) is 10.6 Å². The minimum absolute atomic E-state index is 0.251. The van der Waals surface area contributed by atoms with Gasteiger partial charge in [0.1, 0.15) is 11.5 Å². The third kappa shape index (κ3) is 5.06. The predicted octanol–water partition coefficient (Wildman–Crippen LogP) is 2.49. The predicted molar refractivity (Wildman–Crippen MR) is 88.3 cm³/mol. The fraction of sp³-hybridized carbons (Fsp3) is 0.125. The molecule has 0 saturated heterocycles. The molecule has 0 saturated carbocycles. The summed E-state index contributed by atoms with van der Waals surface area (Å²) >= 11 is 5.03. The molecule has 2 aromatic rings. The van der Waals surface area contributed by atoms with Gasteiger partial charge in [-0.25, -0.2) is 0 Å². The van der Waals surface area contributed by atoms with Gasteiger partial charge < -0.3 is 14.5 Å². The quantitative estimate of drug-likeness (QED) is 0.655. The van der Waals surface area contributed by atoms with E-state index >= 15 is 0 Å². The zero-order valence-corrected chi connectivity index (χ0v) is 12.9. The van der Waals surface area contributed by atoms with Gasteiger partial charge in [-0.3, -0.25) is 10.1 Å². The second kappa shape index (κ2) is 7.99. The fourth-order valence-corrected chi connectivity index (χ4v) is 1.84. The van der Waals surface area contributed by atoms with E-state index in [9.17, 15) is 4.79 Å². The highest BCUT2D eigenvalue weighted by molar-refractivity contribution is 7.80. The van der Waals surface area contributed by atoms with Gasteiger partial charge in [0.2, 0.25) is 5.91 Å². The summed E-state index contributed by atoms with van der Waals surface area (Å²) in [4.78, 5) is 11.7. The summed E-state index contributed by atoms with van der Waals surface area (Å²) in [5.74, 6) is 1.21. The van der Waals surface area contributed by atoms with Crippen molar-refractivity contribution in [1.29, 1.82) is 0 Å². The van der Waals surface area contributed by atoms with Crippen LogP contribution in [-0.4, -0.2) is 18.1 Å². The van der Waals surface area contributed by atoms with E-state index in [2.05, 4.69) is 10.6 Å². The Balaban J connectivity index is 1.78. The number of hydrogen-bond acceptors (Lipinski definition) is 4. The first kappa shape index (κ1) is 15.8. The molecule has 2 rings (SSSR count). The zero-order valence-electron chi connectivity index (χ0n) is 12.0. The van der Waals surface area contributed by atoms with Gasteiger partial charge in [0.05, 0.1) is 19.9 Å². The van der Waals surface area contributed by atoms with Crippen LogP contribution >= 0.6 is 12.2 Å². The number of thiocarbonyl (C=S) groups is 1. The topological polar surface area (TPSA) is 63.5 Å². The molecule has 0 atom stereocenters. The second-order valence-corrected chi connectivity index (χ2v) is 4.77. The third-order valence-electron chi connectivity index (χ3n) is 2.78. The van der Waals surface area contributed by atoms with Gasteiger partial charge in [0.15, 0.2) is 5.11 Å². The molecular weight excluding hydrogens is 300 g/mol. The van der Waals surface area contributed by atoms with Crippen LogP contribution in [0.2, 0.25) is 0 Å². The lowest BCUT2D eigenvalue weighted by Gasteiger charge is -2.06. The lowest BCUT2D eigenvalue weighted by molar-refractivity contribution is -0.115. The number of benzene rings is 1.